The van der Waals surface area contributed by atoms with Gasteiger partial charge >= 0.3 is 6.03 Å². The molecule has 0 aromatic heterocycles. The predicted molar refractivity (Wildman–Crippen MR) is 68.4 cm³/mol. The van der Waals surface area contributed by atoms with Crippen LogP contribution in [0, 0.1) is 6.92 Å². The number of aryl methyl sites for hydroxylation is 1. The summed E-state index contributed by atoms with van der Waals surface area (Å²) in [5.74, 6) is 0.0938. The molecule has 0 spiro atoms. The van der Waals surface area contributed by atoms with Crippen molar-refractivity contribution in [1.29, 1.82) is 0 Å². The van der Waals surface area contributed by atoms with E-state index in [4.69, 9.17) is 0 Å². The number of hydrogen-bond acceptors (Lipinski definition) is 3. The fourth-order valence-corrected chi connectivity index (χ4v) is 4.61. The minimum Gasteiger partial charge on any atom is -0.332 e. The van der Waals surface area contributed by atoms with Crippen molar-refractivity contribution in [3.05, 3.63) is 29.8 Å². The third kappa shape index (κ3) is 1.68. The molecule has 0 radical (unpaired) electrons. The van der Waals surface area contributed by atoms with Crippen LogP contribution >= 0.6 is 0 Å². The van der Waals surface area contributed by atoms with E-state index in [9.17, 15) is 13.2 Å². The van der Waals surface area contributed by atoms with Gasteiger partial charge in [0.05, 0.1) is 23.6 Å². The van der Waals surface area contributed by atoms with E-state index in [1.165, 1.54) is 0 Å². The Morgan fingerprint density at radius 2 is 2.00 bits per heavy atom. The topological polar surface area (TPSA) is 66.5 Å². The van der Waals surface area contributed by atoms with Crippen molar-refractivity contribution in [2.24, 2.45) is 0 Å². The molecule has 0 saturated carbocycles. The molecule has 3 rings (SSSR count). The van der Waals surface area contributed by atoms with E-state index in [2.05, 4.69) is 5.32 Å². The monoisotopic (exact) mass is 266 g/mol. The number of fused-ring (bicyclic) bond motifs is 1. The highest BCUT2D eigenvalue weighted by Crippen LogP contribution is 2.31. The smallest absolute Gasteiger partial charge is 0.322 e. The van der Waals surface area contributed by atoms with Crippen LogP contribution in [0.1, 0.15) is 5.56 Å². The standard InChI is InChI=1S/C12H14N2O3S/c1-8-4-2-3-5-10(8)14-11-7-18(16,17)6-9(11)13-12(14)15/h2-5,9,11H,6-7H2,1H3,(H,13,15)/t9-,11+/m0/s1. The molecule has 2 aliphatic heterocycles. The van der Waals surface area contributed by atoms with Crippen molar-refractivity contribution >= 4 is 21.6 Å². The summed E-state index contributed by atoms with van der Waals surface area (Å²) >= 11 is 0. The Bertz CT molecular complexity index is 612. The van der Waals surface area contributed by atoms with Gasteiger partial charge in [0.2, 0.25) is 0 Å². The summed E-state index contributed by atoms with van der Waals surface area (Å²) in [6, 6.07) is 6.77. The van der Waals surface area contributed by atoms with Crippen molar-refractivity contribution in [3.8, 4) is 0 Å². The molecule has 2 atom stereocenters. The molecule has 0 unspecified atom stereocenters. The number of nitrogens with zero attached hydrogens (tertiary/aromatic N) is 1. The Morgan fingerprint density at radius 1 is 1.28 bits per heavy atom. The molecule has 2 saturated heterocycles. The normalized spacial score (nSPS) is 29.2. The van der Waals surface area contributed by atoms with Crippen LogP contribution in [0.4, 0.5) is 10.5 Å². The third-order valence-electron chi connectivity index (χ3n) is 3.56. The van der Waals surface area contributed by atoms with Crippen molar-refractivity contribution in [3.63, 3.8) is 0 Å². The first-order valence-corrected chi connectivity index (χ1v) is 7.66. The lowest BCUT2D eigenvalue weighted by atomic mass is 10.1. The minimum atomic E-state index is -3.04. The van der Waals surface area contributed by atoms with E-state index in [1.54, 1.807) is 4.90 Å². The fraction of sp³-hybridized carbons (Fsp3) is 0.417. The number of rotatable bonds is 1. The van der Waals surface area contributed by atoms with Gasteiger partial charge in [0.1, 0.15) is 0 Å². The summed E-state index contributed by atoms with van der Waals surface area (Å²) in [5, 5.41) is 2.76. The molecule has 96 valence electrons. The van der Waals surface area contributed by atoms with Gasteiger partial charge in [-0.2, -0.15) is 0 Å². The number of benzene rings is 1. The molecule has 2 heterocycles. The summed E-state index contributed by atoms with van der Waals surface area (Å²) in [7, 11) is -3.04. The zero-order valence-electron chi connectivity index (χ0n) is 9.96. The van der Waals surface area contributed by atoms with Gasteiger partial charge < -0.3 is 5.32 Å². The van der Waals surface area contributed by atoms with Crippen LogP contribution in [0.3, 0.4) is 0 Å². The second kappa shape index (κ2) is 3.71. The maximum atomic E-state index is 12.0. The average molecular weight is 266 g/mol. The highest BCUT2D eigenvalue weighted by Gasteiger charge is 2.49. The van der Waals surface area contributed by atoms with Gasteiger partial charge in [-0.05, 0) is 18.6 Å². The lowest BCUT2D eigenvalue weighted by molar-refractivity contribution is 0.251. The van der Waals surface area contributed by atoms with Crippen LogP contribution in [-0.2, 0) is 9.84 Å². The molecule has 2 amide bonds. The van der Waals surface area contributed by atoms with Crippen LogP contribution < -0.4 is 10.2 Å². The number of amides is 2. The summed E-state index contributed by atoms with van der Waals surface area (Å²) in [6.07, 6.45) is 0. The molecule has 6 heteroatoms. The Kier molecular flexibility index (Phi) is 2.38. The summed E-state index contributed by atoms with van der Waals surface area (Å²) in [5.41, 5.74) is 1.76. The lowest BCUT2D eigenvalue weighted by Crippen LogP contribution is -2.37. The number of nitrogens with one attached hydrogen (secondary N) is 1. The van der Waals surface area contributed by atoms with Gasteiger partial charge in [0, 0.05) is 5.69 Å². The molecule has 1 aromatic carbocycles. The van der Waals surface area contributed by atoms with E-state index in [0.717, 1.165) is 11.3 Å². The lowest BCUT2D eigenvalue weighted by Gasteiger charge is -2.23. The van der Waals surface area contributed by atoms with E-state index in [0.29, 0.717) is 0 Å². The van der Waals surface area contributed by atoms with E-state index >= 15 is 0 Å². The van der Waals surface area contributed by atoms with E-state index in [1.807, 2.05) is 31.2 Å². The number of para-hydroxylation sites is 1. The van der Waals surface area contributed by atoms with Gasteiger partial charge in [0.25, 0.3) is 0 Å². The first-order valence-electron chi connectivity index (χ1n) is 5.84. The van der Waals surface area contributed by atoms with Crippen LogP contribution in [-0.4, -0.2) is 38.0 Å². The van der Waals surface area contributed by atoms with Gasteiger partial charge in [-0.1, -0.05) is 18.2 Å². The first kappa shape index (κ1) is 11.5. The minimum absolute atomic E-state index is 0.0464. The van der Waals surface area contributed by atoms with Crippen molar-refractivity contribution in [2.75, 3.05) is 16.4 Å². The second-order valence-electron chi connectivity index (χ2n) is 4.86. The van der Waals surface area contributed by atoms with Gasteiger partial charge in [-0.3, -0.25) is 4.90 Å². The van der Waals surface area contributed by atoms with E-state index in [-0.39, 0.29) is 29.6 Å². The fourth-order valence-electron chi connectivity index (χ4n) is 2.72. The number of urea groups is 1. The van der Waals surface area contributed by atoms with Gasteiger partial charge in [0.15, 0.2) is 9.84 Å². The van der Waals surface area contributed by atoms with Crippen molar-refractivity contribution in [2.45, 2.75) is 19.0 Å². The zero-order chi connectivity index (χ0) is 12.9. The highest BCUT2D eigenvalue weighted by molar-refractivity contribution is 7.91. The average Bonchev–Trinajstić information content (AvgIpc) is 2.70. The summed E-state index contributed by atoms with van der Waals surface area (Å²) in [4.78, 5) is 13.6. The molecule has 2 fully saturated rings. The summed E-state index contributed by atoms with van der Waals surface area (Å²) in [6.45, 7) is 1.92. The van der Waals surface area contributed by atoms with Crippen molar-refractivity contribution in [1.82, 2.24) is 5.32 Å². The molecule has 0 aliphatic carbocycles. The van der Waals surface area contributed by atoms with Crippen LogP contribution in [0.15, 0.2) is 24.3 Å². The molecule has 1 aromatic rings. The number of anilines is 1. The SMILES string of the molecule is Cc1ccccc1N1C(=O)N[C@H]2CS(=O)(=O)C[C@H]21. The van der Waals surface area contributed by atoms with Gasteiger partial charge in [-0.15, -0.1) is 0 Å². The highest BCUT2D eigenvalue weighted by atomic mass is 32.2. The number of carbonyl (C=O) groups excluding carboxylic acids is 1. The zero-order valence-corrected chi connectivity index (χ0v) is 10.8. The Hall–Kier alpha value is -1.56. The van der Waals surface area contributed by atoms with Crippen molar-refractivity contribution < 1.29 is 13.2 Å². The molecule has 0 bridgehead atoms. The molecular formula is C12H14N2O3S. The Labute approximate surface area is 106 Å². The maximum absolute atomic E-state index is 12.0. The molecular weight excluding hydrogens is 252 g/mol. The van der Waals surface area contributed by atoms with E-state index < -0.39 is 9.84 Å². The predicted octanol–water partition coefficient (Wildman–Crippen LogP) is 0.690. The summed E-state index contributed by atoms with van der Waals surface area (Å²) < 4.78 is 23.3. The first-order chi connectivity index (χ1) is 8.48. The maximum Gasteiger partial charge on any atom is 0.322 e. The van der Waals surface area contributed by atoms with Crippen LogP contribution in [0.5, 0.6) is 0 Å². The quantitative estimate of drug-likeness (QED) is 0.761. The number of hydrogen-bond donors (Lipinski definition) is 1. The number of carbonyl (C=O) groups is 1. The Balaban J connectivity index is 2.02. The van der Waals surface area contributed by atoms with Gasteiger partial charge in [-0.25, -0.2) is 13.2 Å². The molecule has 5 nitrogen and oxygen atoms in total. The van der Waals surface area contributed by atoms with Crippen LogP contribution in [0.2, 0.25) is 0 Å². The third-order valence-corrected chi connectivity index (χ3v) is 5.27. The Morgan fingerprint density at radius 3 is 2.72 bits per heavy atom. The molecule has 2 aliphatic rings. The van der Waals surface area contributed by atoms with Crippen LogP contribution in [0.25, 0.3) is 0 Å². The molecule has 1 N–H and O–H groups in total. The second-order valence-corrected chi connectivity index (χ2v) is 7.01. The molecule has 18 heavy (non-hydrogen) atoms. The largest absolute Gasteiger partial charge is 0.332 e. The number of sulfone groups is 1.